The van der Waals surface area contributed by atoms with Crippen LogP contribution in [-0.4, -0.2) is 17.4 Å². The van der Waals surface area contributed by atoms with Crippen molar-refractivity contribution in [2.45, 2.75) is 19.0 Å². The molecule has 1 amide bonds. The van der Waals surface area contributed by atoms with Crippen LogP contribution in [0.25, 0.3) is 10.8 Å². The van der Waals surface area contributed by atoms with Gasteiger partial charge >= 0.3 is 6.18 Å². The van der Waals surface area contributed by atoms with E-state index in [-0.39, 0.29) is 5.91 Å². The van der Waals surface area contributed by atoms with E-state index >= 15 is 0 Å². The lowest BCUT2D eigenvalue weighted by Crippen LogP contribution is -2.24. The summed E-state index contributed by atoms with van der Waals surface area (Å²) in [5.41, 5.74) is 0.772. The van der Waals surface area contributed by atoms with E-state index in [1.807, 2.05) is 24.3 Å². The molecule has 0 radical (unpaired) electrons. The number of amides is 1. The van der Waals surface area contributed by atoms with Crippen LogP contribution in [0.3, 0.4) is 0 Å². The fourth-order valence-electron chi connectivity index (χ4n) is 3.44. The third-order valence-corrected chi connectivity index (χ3v) is 5.13. The zero-order chi connectivity index (χ0) is 23.3. The first-order chi connectivity index (χ1) is 15.9. The summed E-state index contributed by atoms with van der Waals surface area (Å²) in [5.74, 6) is 0.617. The Kier molecular flexibility index (Phi) is 6.58. The highest BCUT2D eigenvalue weighted by Crippen LogP contribution is 2.33. The maximum absolute atomic E-state index is 12.8. The molecule has 1 N–H and O–H groups in total. The molecule has 0 bridgehead atoms. The van der Waals surface area contributed by atoms with Crippen LogP contribution in [0, 0.1) is 0 Å². The number of hydrogen-bond donors (Lipinski definition) is 1. The van der Waals surface area contributed by atoms with Crippen LogP contribution in [0.1, 0.15) is 28.0 Å². The van der Waals surface area contributed by atoms with Crippen LogP contribution in [0.4, 0.5) is 13.2 Å². The Hall–Kier alpha value is -3.87. The lowest BCUT2D eigenvalue weighted by Gasteiger charge is -2.12. The predicted molar refractivity (Wildman–Crippen MR) is 120 cm³/mol. The molecular formula is C26H21F3N2O2. The van der Waals surface area contributed by atoms with Gasteiger partial charge in [-0.1, -0.05) is 18.2 Å². The van der Waals surface area contributed by atoms with Gasteiger partial charge in [0.25, 0.3) is 5.91 Å². The van der Waals surface area contributed by atoms with Crippen LogP contribution in [0.15, 0.2) is 85.1 Å². The SMILES string of the molecule is O=C(NCCCc1ccccn1)c1ccc2c(Oc3ccc(C(F)(F)F)cc3)cccc2c1. The van der Waals surface area contributed by atoms with Crippen molar-refractivity contribution >= 4 is 16.7 Å². The van der Waals surface area contributed by atoms with Crippen LogP contribution in [-0.2, 0) is 12.6 Å². The minimum Gasteiger partial charge on any atom is -0.457 e. The van der Waals surface area contributed by atoms with E-state index in [2.05, 4.69) is 10.3 Å². The molecule has 0 spiro atoms. The molecule has 0 saturated carbocycles. The average Bonchev–Trinajstić information content (AvgIpc) is 2.82. The minimum atomic E-state index is -4.40. The number of benzene rings is 3. The van der Waals surface area contributed by atoms with Crippen LogP contribution < -0.4 is 10.1 Å². The standard InChI is InChI=1S/C26H21F3N2O2/c27-26(28,29)20-10-12-22(13-11-20)33-24-8-3-5-18-17-19(9-14-23(18)24)25(32)31-16-4-7-21-6-1-2-15-30-21/h1-3,5-6,8-15,17H,4,7,16H2,(H,31,32). The van der Waals surface area contributed by atoms with Crippen molar-refractivity contribution in [3.63, 3.8) is 0 Å². The number of rotatable bonds is 7. The van der Waals surface area contributed by atoms with E-state index in [0.717, 1.165) is 41.4 Å². The molecule has 0 fully saturated rings. The Labute approximate surface area is 189 Å². The maximum atomic E-state index is 12.8. The van der Waals surface area contributed by atoms with Crippen LogP contribution >= 0.6 is 0 Å². The number of aromatic nitrogens is 1. The monoisotopic (exact) mass is 450 g/mol. The van der Waals surface area contributed by atoms with Gasteiger partial charge in [0.2, 0.25) is 0 Å². The first kappa shape index (κ1) is 22.3. The third kappa shape index (κ3) is 5.68. The molecule has 0 saturated heterocycles. The molecule has 168 valence electrons. The fourth-order valence-corrected chi connectivity index (χ4v) is 3.44. The zero-order valence-corrected chi connectivity index (χ0v) is 17.6. The molecule has 0 atom stereocenters. The number of aryl methyl sites for hydroxylation is 1. The second-order valence-electron chi connectivity index (χ2n) is 7.50. The molecule has 4 nitrogen and oxygen atoms in total. The quantitative estimate of drug-likeness (QED) is 0.331. The number of carbonyl (C=O) groups excluding carboxylic acids is 1. The van der Waals surface area contributed by atoms with Gasteiger partial charge in [-0.05, 0) is 78.9 Å². The predicted octanol–water partition coefficient (Wildman–Crippen LogP) is 6.41. The molecule has 0 aliphatic carbocycles. The van der Waals surface area contributed by atoms with Crippen molar-refractivity contribution in [3.05, 3.63) is 102 Å². The Morgan fingerprint density at radius 2 is 1.76 bits per heavy atom. The van der Waals surface area contributed by atoms with Gasteiger partial charge in [0, 0.05) is 29.4 Å². The lowest BCUT2D eigenvalue weighted by atomic mass is 10.1. The molecule has 33 heavy (non-hydrogen) atoms. The molecule has 4 rings (SSSR count). The zero-order valence-electron chi connectivity index (χ0n) is 17.6. The highest BCUT2D eigenvalue weighted by Gasteiger charge is 2.30. The van der Waals surface area contributed by atoms with Crippen molar-refractivity contribution in [1.29, 1.82) is 0 Å². The van der Waals surface area contributed by atoms with Gasteiger partial charge in [0.1, 0.15) is 11.5 Å². The number of pyridine rings is 1. The molecule has 1 aromatic heterocycles. The van der Waals surface area contributed by atoms with Gasteiger partial charge < -0.3 is 10.1 Å². The number of alkyl halides is 3. The highest BCUT2D eigenvalue weighted by molar-refractivity contribution is 5.99. The normalized spacial score (nSPS) is 11.4. The number of nitrogens with one attached hydrogen (secondary N) is 1. The van der Waals surface area contributed by atoms with Crippen molar-refractivity contribution in [1.82, 2.24) is 10.3 Å². The Balaban J connectivity index is 1.41. The summed E-state index contributed by atoms with van der Waals surface area (Å²) in [6, 6.07) is 20.9. The second-order valence-corrected chi connectivity index (χ2v) is 7.50. The largest absolute Gasteiger partial charge is 0.457 e. The topological polar surface area (TPSA) is 51.2 Å². The molecule has 4 aromatic rings. The molecule has 0 unspecified atom stereocenters. The molecule has 3 aromatic carbocycles. The van der Waals surface area contributed by atoms with E-state index < -0.39 is 11.7 Å². The number of carbonyl (C=O) groups is 1. The number of hydrogen-bond acceptors (Lipinski definition) is 3. The first-order valence-electron chi connectivity index (χ1n) is 10.5. The Morgan fingerprint density at radius 3 is 2.48 bits per heavy atom. The molecule has 0 aliphatic rings. The van der Waals surface area contributed by atoms with Crippen LogP contribution in [0.5, 0.6) is 11.5 Å². The highest BCUT2D eigenvalue weighted by atomic mass is 19.4. The number of halogens is 3. The Morgan fingerprint density at radius 1 is 0.939 bits per heavy atom. The minimum absolute atomic E-state index is 0.174. The van der Waals surface area contributed by atoms with E-state index in [4.69, 9.17) is 4.74 Å². The Bertz CT molecular complexity index is 1240. The van der Waals surface area contributed by atoms with E-state index in [1.165, 1.54) is 12.1 Å². The van der Waals surface area contributed by atoms with Crippen LogP contribution in [0.2, 0.25) is 0 Å². The molecular weight excluding hydrogens is 429 g/mol. The van der Waals surface area contributed by atoms with Crippen molar-refractivity contribution < 1.29 is 22.7 Å². The summed E-state index contributed by atoms with van der Waals surface area (Å²) >= 11 is 0. The summed E-state index contributed by atoms with van der Waals surface area (Å²) in [5, 5.41) is 4.46. The van der Waals surface area contributed by atoms with E-state index in [0.29, 0.717) is 23.6 Å². The maximum Gasteiger partial charge on any atom is 0.416 e. The van der Waals surface area contributed by atoms with E-state index in [9.17, 15) is 18.0 Å². The smallest absolute Gasteiger partial charge is 0.416 e. The van der Waals surface area contributed by atoms with Crippen molar-refractivity contribution in [2.24, 2.45) is 0 Å². The van der Waals surface area contributed by atoms with Gasteiger partial charge in [-0.15, -0.1) is 0 Å². The van der Waals surface area contributed by atoms with E-state index in [1.54, 1.807) is 36.5 Å². The third-order valence-electron chi connectivity index (χ3n) is 5.13. The summed E-state index contributed by atoms with van der Waals surface area (Å²) in [6.07, 6.45) is -1.09. The molecule has 0 aliphatic heterocycles. The summed E-state index contributed by atoms with van der Waals surface area (Å²) < 4.78 is 44.1. The summed E-state index contributed by atoms with van der Waals surface area (Å²) in [4.78, 5) is 16.8. The number of nitrogens with zero attached hydrogens (tertiary/aromatic N) is 1. The van der Waals surface area contributed by atoms with Crippen molar-refractivity contribution in [2.75, 3.05) is 6.54 Å². The second kappa shape index (κ2) is 9.73. The summed E-state index contributed by atoms with van der Waals surface area (Å²) in [7, 11) is 0. The lowest BCUT2D eigenvalue weighted by molar-refractivity contribution is -0.137. The molecule has 7 heteroatoms. The average molecular weight is 450 g/mol. The van der Waals surface area contributed by atoms with Crippen molar-refractivity contribution in [3.8, 4) is 11.5 Å². The van der Waals surface area contributed by atoms with Gasteiger partial charge in [0.15, 0.2) is 0 Å². The van der Waals surface area contributed by atoms with Gasteiger partial charge in [-0.25, -0.2) is 0 Å². The molecule has 1 heterocycles. The van der Waals surface area contributed by atoms with Gasteiger partial charge in [-0.3, -0.25) is 9.78 Å². The number of fused-ring (bicyclic) bond motifs is 1. The van der Waals surface area contributed by atoms with Gasteiger partial charge in [0.05, 0.1) is 5.56 Å². The van der Waals surface area contributed by atoms with Gasteiger partial charge in [-0.2, -0.15) is 13.2 Å². The number of ether oxygens (including phenoxy) is 1. The first-order valence-corrected chi connectivity index (χ1v) is 10.5. The summed E-state index contributed by atoms with van der Waals surface area (Å²) in [6.45, 7) is 0.532. The fraction of sp³-hybridized carbons (Fsp3) is 0.154.